The summed E-state index contributed by atoms with van der Waals surface area (Å²) in [6.45, 7) is 6.71. The first-order valence-corrected chi connectivity index (χ1v) is 4.85. The zero-order valence-electron chi connectivity index (χ0n) is 8.84. The smallest absolute Gasteiger partial charge is 0.349 e. The second-order valence-corrected chi connectivity index (χ2v) is 3.72. The minimum Gasteiger partial charge on any atom is -0.478 e. The summed E-state index contributed by atoms with van der Waals surface area (Å²) in [6, 6.07) is -0.470. The second-order valence-electron chi connectivity index (χ2n) is 3.72. The fraction of sp³-hybridized carbons (Fsp3) is 0.600. The summed E-state index contributed by atoms with van der Waals surface area (Å²) in [4.78, 5) is 11.0. The molecule has 78 valence electrons. The fourth-order valence-electron chi connectivity index (χ4n) is 1.52. The summed E-state index contributed by atoms with van der Waals surface area (Å²) in [5, 5.41) is 9.05. The van der Waals surface area contributed by atoms with E-state index >= 15 is 0 Å². The maximum absolute atomic E-state index is 11.0. The van der Waals surface area contributed by atoms with Crippen LogP contribution in [-0.2, 0) is 11.3 Å². The minimum absolute atomic E-state index is 0.0882. The molecular formula is C10H17N2O2+. The molecule has 0 aliphatic heterocycles. The Hall–Kier alpha value is -1.32. The Morgan fingerprint density at radius 3 is 2.57 bits per heavy atom. The van der Waals surface area contributed by atoms with E-state index in [-0.39, 0.29) is 5.92 Å². The first-order valence-electron chi connectivity index (χ1n) is 4.85. The van der Waals surface area contributed by atoms with Gasteiger partial charge in [0.1, 0.15) is 12.4 Å². The number of nitrogens with zero attached hydrogens (tertiary/aromatic N) is 2. The molecule has 4 nitrogen and oxygen atoms in total. The summed E-state index contributed by atoms with van der Waals surface area (Å²) in [6.07, 6.45) is 5.53. The van der Waals surface area contributed by atoms with Gasteiger partial charge in [-0.1, -0.05) is 13.8 Å². The molecule has 1 aromatic rings. The third-order valence-electron chi connectivity index (χ3n) is 2.28. The third kappa shape index (κ3) is 2.13. The minimum atomic E-state index is -0.779. The van der Waals surface area contributed by atoms with E-state index < -0.39 is 12.0 Å². The number of carboxylic acid groups (broad SMARTS) is 1. The van der Waals surface area contributed by atoms with Gasteiger partial charge in [0.15, 0.2) is 6.04 Å². The largest absolute Gasteiger partial charge is 0.478 e. The number of aliphatic carboxylic acids is 1. The van der Waals surface area contributed by atoms with Crippen LogP contribution in [0.3, 0.4) is 0 Å². The highest BCUT2D eigenvalue weighted by atomic mass is 16.4. The van der Waals surface area contributed by atoms with E-state index in [1.807, 2.05) is 44.1 Å². The lowest BCUT2D eigenvalue weighted by molar-refractivity contribution is -0.693. The van der Waals surface area contributed by atoms with Crippen LogP contribution in [0.1, 0.15) is 26.8 Å². The van der Waals surface area contributed by atoms with Gasteiger partial charge < -0.3 is 5.11 Å². The summed E-state index contributed by atoms with van der Waals surface area (Å²) < 4.78 is 3.70. The van der Waals surface area contributed by atoms with Gasteiger partial charge in [0.25, 0.3) is 0 Å². The van der Waals surface area contributed by atoms with E-state index in [1.165, 1.54) is 0 Å². The molecule has 1 aromatic heterocycles. The van der Waals surface area contributed by atoms with E-state index in [0.717, 1.165) is 6.54 Å². The van der Waals surface area contributed by atoms with E-state index in [2.05, 4.69) is 0 Å². The van der Waals surface area contributed by atoms with Crippen molar-refractivity contribution in [3.05, 3.63) is 18.7 Å². The van der Waals surface area contributed by atoms with E-state index in [9.17, 15) is 4.79 Å². The summed E-state index contributed by atoms with van der Waals surface area (Å²) in [5.74, 6) is -0.691. The molecule has 0 spiro atoms. The number of hydrogen-bond donors (Lipinski definition) is 1. The van der Waals surface area contributed by atoms with Crippen molar-refractivity contribution in [3.8, 4) is 0 Å². The van der Waals surface area contributed by atoms with Crippen molar-refractivity contribution in [3.63, 3.8) is 0 Å². The zero-order valence-corrected chi connectivity index (χ0v) is 8.84. The molecule has 0 radical (unpaired) electrons. The molecule has 0 fully saturated rings. The topological polar surface area (TPSA) is 46.1 Å². The predicted octanol–water partition coefficient (Wildman–Crippen LogP) is 1.08. The molecule has 1 heterocycles. The van der Waals surface area contributed by atoms with Gasteiger partial charge in [-0.2, -0.15) is 0 Å². The maximum Gasteiger partial charge on any atom is 0.349 e. The monoisotopic (exact) mass is 197 g/mol. The van der Waals surface area contributed by atoms with E-state index in [0.29, 0.717) is 0 Å². The molecular weight excluding hydrogens is 180 g/mol. The zero-order chi connectivity index (χ0) is 10.7. The molecule has 0 bridgehead atoms. The molecule has 1 N–H and O–H groups in total. The van der Waals surface area contributed by atoms with Crippen molar-refractivity contribution in [2.45, 2.75) is 33.4 Å². The lowest BCUT2D eigenvalue weighted by Gasteiger charge is -2.11. The summed E-state index contributed by atoms with van der Waals surface area (Å²) in [7, 11) is 0. The summed E-state index contributed by atoms with van der Waals surface area (Å²) >= 11 is 0. The summed E-state index contributed by atoms with van der Waals surface area (Å²) in [5.41, 5.74) is 0. The van der Waals surface area contributed by atoms with Crippen LogP contribution < -0.4 is 4.57 Å². The molecule has 0 aliphatic rings. The van der Waals surface area contributed by atoms with E-state index in [4.69, 9.17) is 5.11 Å². The maximum atomic E-state index is 11.0. The molecule has 14 heavy (non-hydrogen) atoms. The van der Waals surface area contributed by atoms with Gasteiger partial charge in [-0.3, -0.25) is 0 Å². The lowest BCUT2D eigenvalue weighted by Crippen LogP contribution is -2.31. The van der Waals surface area contributed by atoms with Crippen LogP contribution in [0.5, 0.6) is 0 Å². The van der Waals surface area contributed by atoms with Gasteiger partial charge in [-0.25, -0.2) is 13.9 Å². The van der Waals surface area contributed by atoms with Crippen molar-refractivity contribution in [2.75, 3.05) is 0 Å². The highest BCUT2D eigenvalue weighted by Gasteiger charge is 2.27. The average Bonchev–Trinajstić information content (AvgIpc) is 2.51. The van der Waals surface area contributed by atoms with Crippen LogP contribution in [0.2, 0.25) is 0 Å². The van der Waals surface area contributed by atoms with Crippen LogP contribution in [0.4, 0.5) is 0 Å². The van der Waals surface area contributed by atoms with Crippen LogP contribution in [-0.4, -0.2) is 15.6 Å². The quantitative estimate of drug-likeness (QED) is 0.734. The fourth-order valence-corrected chi connectivity index (χ4v) is 1.52. The SMILES string of the molecule is CC[n+]1ccn(C(C(=O)O)C(C)C)c1. The van der Waals surface area contributed by atoms with Crippen molar-refractivity contribution in [2.24, 2.45) is 5.92 Å². The van der Waals surface area contributed by atoms with Gasteiger partial charge in [0.05, 0.1) is 6.54 Å². The Balaban J connectivity index is 2.93. The molecule has 0 aliphatic carbocycles. The Morgan fingerprint density at radius 2 is 2.21 bits per heavy atom. The Labute approximate surface area is 83.8 Å². The second kappa shape index (κ2) is 4.26. The van der Waals surface area contributed by atoms with E-state index in [1.54, 1.807) is 4.57 Å². The molecule has 1 atom stereocenters. The highest BCUT2D eigenvalue weighted by molar-refractivity contribution is 5.72. The number of hydrogen-bond acceptors (Lipinski definition) is 1. The lowest BCUT2D eigenvalue weighted by atomic mass is 10.1. The van der Waals surface area contributed by atoms with Crippen molar-refractivity contribution < 1.29 is 14.5 Å². The van der Waals surface area contributed by atoms with Gasteiger partial charge in [0, 0.05) is 5.92 Å². The Kier molecular flexibility index (Phi) is 3.28. The van der Waals surface area contributed by atoms with Gasteiger partial charge in [0.2, 0.25) is 6.33 Å². The molecule has 0 aromatic carbocycles. The van der Waals surface area contributed by atoms with Gasteiger partial charge in [-0.15, -0.1) is 0 Å². The molecule has 1 rings (SSSR count). The van der Waals surface area contributed by atoms with Crippen molar-refractivity contribution >= 4 is 5.97 Å². The number of aryl methyl sites for hydroxylation is 1. The molecule has 4 heteroatoms. The highest BCUT2D eigenvalue weighted by Crippen LogP contribution is 2.16. The number of carbonyl (C=O) groups is 1. The van der Waals surface area contributed by atoms with Crippen molar-refractivity contribution in [1.29, 1.82) is 0 Å². The number of rotatable bonds is 4. The molecule has 0 amide bonds. The van der Waals surface area contributed by atoms with Crippen LogP contribution in [0, 0.1) is 5.92 Å². The predicted molar refractivity (Wildman–Crippen MR) is 51.8 cm³/mol. The Morgan fingerprint density at radius 1 is 1.57 bits per heavy atom. The standard InChI is InChI=1S/C10H16N2O2/c1-4-11-5-6-12(7-11)9(8(2)3)10(13)14/h5-9H,4H2,1-3H3/p+1. The van der Waals surface area contributed by atoms with Gasteiger partial charge >= 0.3 is 5.97 Å². The van der Waals surface area contributed by atoms with Crippen LogP contribution >= 0.6 is 0 Å². The normalized spacial score (nSPS) is 13.1. The third-order valence-corrected chi connectivity index (χ3v) is 2.28. The number of carboxylic acids is 1. The molecule has 0 saturated heterocycles. The molecule has 1 unspecified atom stereocenters. The first kappa shape index (κ1) is 10.8. The average molecular weight is 197 g/mol. The number of aromatic nitrogens is 2. The van der Waals surface area contributed by atoms with Crippen LogP contribution in [0.25, 0.3) is 0 Å². The first-order chi connectivity index (χ1) is 6.56. The van der Waals surface area contributed by atoms with Gasteiger partial charge in [-0.05, 0) is 6.92 Å². The molecule has 0 saturated carbocycles. The Bertz CT molecular complexity index is 318. The van der Waals surface area contributed by atoms with Crippen LogP contribution in [0.15, 0.2) is 18.7 Å². The number of imidazole rings is 1. The van der Waals surface area contributed by atoms with Crippen molar-refractivity contribution in [1.82, 2.24) is 4.57 Å².